The van der Waals surface area contributed by atoms with Crippen LogP contribution in [0, 0.1) is 17.8 Å². The Morgan fingerprint density at radius 2 is 1.89 bits per heavy atom. The number of imidazole rings is 1. The summed E-state index contributed by atoms with van der Waals surface area (Å²) in [6.07, 6.45) is 6.11. The van der Waals surface area contributed by atoms with Crippen LogP contribution in [0.3, 0.4) is 0 Å². The molecule has 0 spiro atoms. The Kier molecular flexibility index (Phi) is 5.94. The molecule has 1 aliphatic heterocycles. The van der Waals surface area contributed by atoms with Gasteiger partial charge in [0.15, 0.2) is 5.82 Å². The number of amides is 1. The smallest absolute Gasteiger partial charge is 0.258 e. The normalized spacial score (nSPS) is 20.8. The van der Waals surface area contributed by atoms with Crippen molar-refractivity contribution in [1.29, 1.82) is 0 Å². The Hall–Kier alpha value is -4.99. The van der Waals surface area contributed by atoms with Crippen LogP contribution in [0.15, 0.2) is 59.7 Å². The second-order valence-corrected chi connectivity index (χ2v) is 13.4. The molecule has 10 nitrogen and oxygen atoms in total. The first-order valence-corrected chi connectivity index (χ1v) is 16.2. The van der Waals surface area contributed by atoms with Crippen LogP contribution >= 0.6 is 0 Å². The molecule has 2 aromatic carbocycles. The Labute approximate surface area is 265 Å². The average molecular weight is 614 g/mol. The van der Waals surface area contributed by atoms with Crippen molar-refractivity contribution in [1.82, 2.24) is 34.0 Å². The van der Waals surface area contributed by atoms with Crippen LogP contribution < -0.4 is 10.3 Å². The minimum absolute atomic E-state index is 0.0671. The van der Waals surface area contributed by atoms with E-state index in [1.54, 1.807) is 7.11 Å². The van der Waals surface area contributed by atoms with E-state index in [9.17, 15) is 9.59 Å². The molecule has 3 atom stereocenters. The Morgan fingerprint density at radius 3 is 2.65 bits per heavy atom. The maximum Gasteiger partial charge on any atom is 0.258 e. The third-order valence-electron chi connectivity index (χ3n) is 10.7. The molecule has 0 radical (unpaired) electrons. The SMILES string of the molecule is COc1cc(C(=O)N2CC3CCC2C3C)cc2nc(-c3cc4ccc(-c5ccc6nc[nH]c(=O)c6c5)nc4n3CC3CC3)n(C)c12. The van der Waals surface area contributed by atoms with Crippen molar-refractivity contribution >= 4 is 38.9 Å². The number of nitrogens with one attached hydrogen (secondary N) is 1. The minimum atomic E-state index is -0.170. The maximum absolute atomic E-state index is 13.8. The van der Waals surface area contributed by atoms with E-state index in [0.29, 0.717) is 46.0 Å². The summed E-state index contributed by atoms with van der Waals surface area (Å²) in [7, 11) is 3.66. The number of aryl methyl sites for hydroxylation is 1. The van der Waals surface area contributed by atoms with Crippen molar-refractivity contribution in [2.75, 3.05) is 13.7 Å². The topological polar surface area (TPSA) is 111 Å². The van der Waals surface area contributed by atoms with Crippen LogP contribution in [0.1, 0.15) is 43.0 Å². The van der Waals surface area contributed by atoms with Crippen LogP contribution in [0.5, 0.6) is 5.75 Å². The number of fused-ring (bicyclic) bond motifs is 5. The van der Waals surface area contributed by atoms with Crippen LogP contribution in [-0.4, -0.2) is 59.6 Å². The highest BCUT2D eigenvalue weighted by atomic mass is 16.5. The van der Waals surface area contributed by atoms with E-state index in [1.807, 2.05) is 43.4 Å². The van der Waals surface area contributed by atoms with E-state index in [0.717, 1.165) is 64.4 Å². The molecule has 5 heterocycles. The number of likely N-dealkylation sites (tertiary alicyclic amines) is 1. The number of carbonyl (C=O) groups is 1. The third-order valence-corrected chi connectivity index (χ3v) is 10.7. The summed E-state index contributed by atoms with van der Waals surface area (Å²) in [6.45, 7) is 3.96. The van der Waals surface area contributed by atoms with Gasteiger partial charge in [0.2, 0.25) is 0 Å². The lowest BCUT2D eigenvalue weighted by Crippen LogP contribution is -2.38. The van der Waals surface area contributed by atoms with E-state index in [4.69, 9.17) is 14.7 Å². The summed E-state index contributed by atoms with van der Waals surface area (Å²) >= 11 is 0. The van der Waals surface area contributed by atoms with Crippen LogP contribution in [0.2, 0.25) is 0 Å². The van der Waals surface area contributed by atoms with Gasteiger partial charge in [0.05, 0.1) is 41.2 Å². The zero-order chi connectivity index (χ0) is 31.3. The lowest BCUT2D eigenvalue weighted by Gasteiger charge is -2.27. The first kappa shape index (κ1) is 27.3. The average Bonchev–Trinajstić information content (AvgIpc) is 3.48. The molecule has 4 aromatic heterocycles. The molecular weight excluding hydrogens is 578 g/mol. The predicted octanol–water partition coefficient (Wildman–Crippen LogP) is 5.78. The van der Waals surface area contributed by atoms with Gasteiger partial charge in [0.1, 0.15) is 16.9 Å². The number of benzene rings is 2. The van der Waals surface area contributed by atoms with Gasteiger partial charge in [0.25, 0.3) is 11.5 Å². The van der Waals surface area contributed by atoms with E-state index < -0.39 is 0 Å². The molecule has 46 heavy (non-hydrogen) atoms. The first-order valence-electron chi connectivity index (χ1n) is 16.2. The molecule has 3 aliphatic rings. The van der Waals surface area contributed by atoms with Crippen molar-refractivity contribution in [2.45, 2.75) is 45.2 Å². The number of aromatic amines is 1. The number of piperidine rings is 1. The van der Waals surface area contributed by atoms with Gasteiger partial charge in [-0.2, -0.15) is 0 Å². The lowest BCUT2D eigenvalue weighted by atomic mass is 10.0. The predicted molar refractivity (Wildman–Crippen MR) is 177 cm³/mol. The van der Waals surface area contributed by atoms with Crippen LogP contribution in [-0.2, 0) is 13.6 Å². The lowest BCUT2D eigenvalue weighted by molar-refractivity contribution is 0.0696. The summed E-state index contributed by atoms with van der Waals surface area (Å²) in [5.74, 6) is 3.26. The molecule has 3 fully saturated rings. The second-order valence-electron chi connectivity index (χ2n) is 13.4. The summed E-state index contributed by atoms with van der Waals surface area (Å²) in [5.41, 5.74) is 6.22. The van der Waals surface area contributed by atoms with Crippen molar-refractivity contribution in [3.63, 3.8) is 0 Å². The number of hydrogen-bond acceptors (Lipinski definition) is 6. The highest BCUT2D eigenvalue weighted by molar-refractivity contribution is 6.00. The summed E-state index contributed by atoms with van der Waals surface area (Å²) in [4.78, 5) is 45.6. The summed E-state index contributed by atoms with van der Waals surface area (Å²) in [6, 6.07) is 16.1. The number of rotatable bonds is 6. The molecule has 10 heteroatoms. The van der Waals surface area contributed by atoms with Gasteiger partial charge < -0.3 is 23.8 Å². The van der Waals surface area contributed by atoms with Crippen LogP contribution in [0.4, 0.5) is 0 Å². The number of ether oxygens (including phenoxy) is 1. The maximum atomic E-state index is 13.8. The molecule has 2 aliphatic carbocycles. The quantitative estimate of drug-likeness (QED) is 0.255. The molecule has 1 amide bonds. The van der Waals surface area contributed by atoms with E-state index in [1.165, 1.54) is 25.6 Å². The molecule has 9 rings (SSSR count). The van der Waals surface area contributed by atoms with Crippen molar-refractivity contribution < 1.29 is 9.53 Å². The fourth-order valence-electron chi connectivity index (χ4n) is 7.97. The van der Waals surface area contributed by atoms with Gasteiger partial charge in [-0.1, -0.05) is 13.0 Å². The first-order chi connectivity index (χ1) is 22.4. The monoisotopic (exact) mass is 613 g/mol. The van der Waals surface area contributed by atoms with Gasteiger partial charge in [-0.15, -0.1) is 0 Å². The fraction of sp³-hybridized carbons (Fsp3) is 0.361. The zero-order valence-electron chi connectivity index (χ0n) is 26.2. The number of pyridine rings is 1. The number of aromatic nitrogens is 6. The highest BCUT2D eigenvalue weighted by Gasteiger charge is 2.46. The summed E-state index contributed by atoms with van der Waals surface area (Å²) < 4.78 is 10.2. The van der Waals surface area contributed by atoms with Crippen molar-refractivity contribution in [2.24, 2.45) is 24.8 Å². The molecule has 1 saturated heterocycles. The van der Waals surface area contributed by atoms with Crippen LogP contribution in [0.25, 0.3) is 55.7 Å². The molecule has 2 bridgehead atoms. The van der Waals surface area contributed by atoms with Crippen molar-refractivity contribution in [3.05, 3.63) is 70.8 Å². The molecule has 3 unspecified atom stereocenters. The van der Waals surface area contributed by atoms with Gasteiger partial charge in [-0.05, 0) is 85.9 Å². The van der Waals surface area contributed by atoms with Gasteiger partial charge in [-0.25, -0.2) is 15.0 Å². The second kappa shape index (κ2) is 10.0. The number of hydrogen-bond donors (Lipinski definition) is 1. The molecular formula is C36H35N7O3. The van der Waals surface area contributed by atoms with Gasteiger partial charge in [0, 0.05) is 42.7 Å². The Morgan fingerprint density at radius 1 is 1.02 bits per heavy atom. The number of nitrogens with zero attached hydrogens (tertiary/aromatic N) is 6. The van der Waals surface area contributed by atoms with E-state index in [2.05, 4.69) is 43.1 Å². The summed E-state index contributed by atoms with van der Waals surface area (Å²) in [5, 5.41) is 1.56. The molecule has 232 valence electrons. The van der Waals surface area contributed by atoms with E-state index in [-0.39, 0.29) is 11.5 Å². The Bertz CT molecular complexity index is 2280. The zero-order valence-corrected chi connectivity index (χ0v) is 26.2. The Balaban J connectivity index is 1.16. The fourth-order valence-corrected chi connectivity index (χ4v) is 7.97. The largest absolute Gasteiger partial charge is 0.494 e. The van der Waals surface area contributed by atoms with Crippen molar-refractivity contribution in [3.8, 4) is 28.5 Å². The molecule has 6 aromatic rings. The number of methoxy groups -OCH3 is 1. The highest BCUT2D eigenvalue weighted by Crippen LogP contribution is 2.44. The number of carbonyl (C=O) groups excluding carboxylic acids is 1. The van der Waals surface area contributed by atoms with Gasteiger partial charge >= 0.3 is 0 Å². The van der Waals surface area contributed by atoms with Gasteiger partial charge in [-0.3, -0.25) is 9.59 Å². The number of H-pyrrole nitrogens is 1. The standard InChI is InChI=1S/C36H35N7O3/c1-19-23-8-11-29(19)43(17-23)36(45)24-13-28-32(31(15-24)46-3)41(2)34(40-28)30-14-22-7-9-26(39-33(22)42(30)16-20-4-5-20)21-6-10-27-25(12-21)35(44)38-18-37-27/h6-7,9-10,12-15,18-20,23,29H,4-5,8,11,16-17H2,1-3H3,(H,37,38,44). The van der Waals surface area contributed by atoms with E-state index >= 15 is 0 Å². The molecule has 1 N–H and O–H groups in total. The molecule has 2 saturated carbocycles. The third kappa shape index (κ3) is 4.12. The minimum Gasteiger partial charge on any atom is -0.494 e.